The second-order valence-electron chi connectivity index (χ2n) is 7.34. The minimum absolute atomic E-state index is 0.0553. The molecule has 2 aromatic heterocycles. The Bertz CT molecular complexity index is 1460. The number of hydrogen-bond acceptors (Lipinski definition) is 7. The summed E-state index contributed by atoms with van der Waals surface area (Å²) in [5, 5.41) is 5.54. The van der Waals surface area contributed by atoms with E-state index in [9.17, 15) is 14.0 Å². The zero-order valence-electron chi connectivity index (χ0n) is 17.7. The van der Waals surface area contributed by atoms with E-state index in [1.807, 2.05) is 5.38 Å². The number of allylic oxidation sites excluding steroid dienone is 1. The molecule has 0 unspecified atom stereocenters. The van der Waals surface area contributed by atoms with E-state index in [1.54, 1.807) is 36.4 Å². The number of anilines is 1. The van der Waals surface area contributed by atoms with Gasteiger partial charge in [-0.3, -0.25) is 14.2 Å². The molecule has 1 N–H and O–H groups in total. The maximum atomic E-state index is 13.4. The van der Waals surface area contributed by atoms with Crippen molar-refractivity contribution >= 4 is 44.9 Å². The highest BCUT2D eigenvalue weighted by molar-refractivity contribution is 7.99. The van der Waals surface area contributed by atoms with Crippen LogP contribution in [-0.2, 0) is 11.3 Å². The van der Waals surface area contributed by atoms with E-state index >= 15 is 0 Å². The number of thioether (sulfide) groups is 1. The molecule has 3 heterocycles. The molecular weight excluding hydrogens is 477 g/mol. The van der Waals surface area contributed by atoms with Crippen LogP contribution in [0.15, 0.2) is 70.5 Å². The van der Waals surface area contributed by atoms with Gasteiger partial charge in [0, 0.05) is 29.2 Å². The van der Waals surface area contributed by atoms with E-state index in [-0.39, 0.29) is 36.4 Å². The Morgan fingerprint density at radius 3 is 2.82 bits per heavy atom. The van der Waals surface area contributed by atoms with Gasteiger partial charge in [0.1, 0.15) is 10.6 Å². The van der Waals surface area contributed by atoms with Gasteiger partial charge in [0.25, 0.3) is 5.56 Å². The van der Waals surface area contributed by atoms with Crippen molar-refractivity contribution in [3.05, 3.63) is 76.7 Å². The van der Waals surface area contributed by atoms with Crippen LogP contribution < -0.4 is 20.3 Å². The summed E-state index contributed by atoms with van der Waals surface area (Å²) in [7, 11) is 0. The quantitative estimate of drug-likeness (QED) is 0.223. The highest BCUT2D eigenvalue weighted by atomic mass is 32.2. The number of carbonyl (C=O) groups is 1. The predicted octanol–water partition coefficient (Wildman–Crippen LogP) is 4.91. The average molecular weight is 496 g/mol. The molecule has 0 aliphatic carbocycles. The molecule has 4 aromatic rings. The molecule has 0 spiro atoms. The number of aromatic nitrogens is 2. The Hall–Kier alpha value is -3.63. The average Bonchev–Trinajstić information content (AvgIpc) is 3.47. The third kappa shape index (κ3) is 4.29. The van der Waals surface area contributed by atoms with Crippen molar-refractivity contribution in [2.45, 2.75) is 11.7 Å². The van der Waals surface area contributed by atoms with Gasteiger partial charge in [0.2, 0.25) is 12.7 Å². The van der Waals surface area contributed by atoms with Gasteiger partial charge in [0.05, 0.1) is 11.1 Å². The molecule has 10 heteroatoms. The summed E-state index contributed by atoms with van der Waals surface area (Å²) in [5.74, 6) is 0.672. The summed E-state index contributed by atoms with van der Waals surface area (Å²) < 4.78 is 25.5. The molecule has 0 bridgehead atoms. The van der Waals surface area contributed by atoms with Crippen molar-refractivity contribution in [3.63, 3.8) is 0 Å². The molecular formula is C24H18FN3O4S2. The number of benzene rings is 2. The number of fused-ring (bicyclic) bond motifs is 2. The number of carbonyl (C=O) groups excluding carboxylic acids is 1. The van der Waals surface area contributed by atoms with Crippen LogP contribution in [0.1, 0.15) is 0 Å². The first-order chi connectivity index (χ1) is 16.5. The first-order valence-electron chi connectivity index (χ1n) is 10.2. The van der Waals surface area contributed by atoms with Crippen LogP contribution in [0, 0.1) is 5.82 Å². The van der Waals surface area contributed by atoms with Gasteiger partial charge in [0.15, 0.2) is 16.7 Å². The minimum atomic E-state index is -0.344. The number of rotatable bonds is 7. The van der Waals surface area contributed by atoms with Crippen molar-refractivity contribution in [2.24, 2.45) is 0 Å². The number of hydrogen-bond donors (Lipinski definition) is 1. The zero-order valence-corrected chi connectivity index (χ0v) is 19.4. The Balaban J connectivity index is 1.40. The molecule has 5 rings (SSSR count). The van der Waals surface area contributed by atoms with Crippen LogP contribution in [0.4, 0.5) is 10.1 Å². The number of ether oxygens (including phenoxy) is 2. The van der Waals surface area contributed by atoms with Crippen LogP contribution in [0.5, 0.6) is 11.5 Å². The lowest BCUT2D eigenvalue weighted by Gasteiger charge is -2.11. The van der Waals surface area contributed by atoms with E-state index in [0.717, 1.165) is 5.56 Å². The Kier molecular flexibility index (Phi) is 6.08. The van der Waals surface area contributed by atoms with Crippen molar-refractivity contribution in [3.8, 4) is 22.6 Å². The number of thiophene rings is 1. The second kappa shape index (κ2) is 9.32. The third-order valence-electron chi connectivity index (χ3n) is 5.11. The molecule has 0 saturated carbocycles. The van der Waals surface area contributed by atoms with Gasteiger partial charge in [-0.05, 0) is 29.8 Å². The molecule has 1 aliphatic heterocycles. The van der Waals surface area contributed by atoms with Crippen molar-refractivity contribution in [2.75, 3.05) is 17.9 Å². The van der Waals surface area contributed by atoms with E-state index in [1.165, 1.54) is 39.8 Å². The van der Waals surface area contributed by atoms with Gasteiger partial charge in [-0.2, -0.15) is 0 Å². The summed E-state index contributed by atoms with van der Waals surface area (Å²) in [6, 6.07) is 11.2. The van der Waals surface area contributed by atoms with E-state index in [4.69, 9.17) is 9.47 Å². The van der Waals surface area contributed by atoms with Crippen LogP contribution in [0.2, 0.25) is 0 Å². The number of nitrogens with one attached hydrogen (secondary N) is 1. The summed E-state index contributed by atoms with van der Waals surface area (Å²) >= 11 is 2.50. The lowest BCUT2D eigenvalue weighted by atomic mass is 10.1. The number of amides is 1. The maximum absolute atomic E-state index is 13.4. The summed E-state index contributed by atoms with van der Waals surface area (Å²) in [6.45, 7) is 4.14. The van der Waals surface area contributed by atoms with E-state index in [0.29, 0.717) is 38.1 Å². The molecule has 7 nitrogen and oxygen atoms in total. The minimum Gasteiger partial charge on any atom is -0.454 e. The fourth-order valence-electron chi connectivity index (χ4n) is 3.55. The topological polar surface area (TPSA) is 82.5 Å². The Morgan fingerprint density at radius 2 is 2.03 bits per heavy atom. The fourth-order valence-corrected chi connectivity index (χ4v) is 5.35. The highest BCUT2D eigenvalue weighted by Crippen LogP contribution is 2.35. The molecule has 34 heavy (non-hydrogen) atoms. The van der Waals surface area contributed by atoms with Crippen LogP contribution >= 0.6 is 23.1 Å². The second-order valence-corrected chi connectivity index (χ2v) is 9.14. The number of halogens is 1. The first kappa shape index (κ1) is 22.2. The lowest BCUT2D eigenvalue weighted by Crippen LogP contribution is -2.23. The van der Waals surface area contributed by atoms with Crippen LogP contribution in [0.3, 0.4) is 0 Å². The van der Waals surface area contributed by atoms with Crippen molar-refractivity contribution in [1.82, 2.24) is 9.55 Å². The van der Waals surface area contributed by atoms with Gasteiger partial charge in [-0.25, -0.2) is 9.37 Å². The summed E-state index contributed by atoms with van der Waals surface area (Å²) in [5.41, 5.74) is 1.79. The zero-order chi connectivity index (χ0) is 23.7. The van der Waals surface area contributed by atoms with Gasteiger partial charge >= 0.3 is 0 Å². The predicted molar refractivity (Wildman–Crippen MR) is 131 cm³/mol. The lowest BCUT2D eigenvalue weighted by molar-refractivity contribution is -0.113. The SMILES string of the molecule is C=CCn1c(SCC(=O)Nc2ccc3c(c2)OCO3)nc2scc(-c3ccc(F)cc3)c2c1=O. The normalized spacial score (nSPS) is 12.1. The molecule has 1 aliphatic rings. The Labute approximate surface area is 201 Å². The summed E-state index contributed by atoms with van der Waals surface area (Å²) in [6.07, 6.45) is 1.61. The van der Waals surface area contributed by atoms with Gasteiger partial charge in [-0.1, -0.05) is 30.0 Å². The monoisotopic (exact) mass is 495 g/mol. The third-order valence-corrected chi connectivity index (χ3v) is 6.96. The molecule has 0 atom stereocenters. The van der Waals surface area contributed by atoms with E-state index in [2.05, 4.69) is 16.9 Å². The van der Waals surface area contributed by atoms with Crippen molar-refractivity contribution < 1.29 is 18.7 Å². The molecule has 172 valence electrons. The fraction of sp³-hybridized carbons (Fsp3) is 0.125. The smallest absolute Gasteiger partial charge is 0.263 e. The standard InChI is InChI=1S/C24H18FN3O4S2/c1-2-9-28-23(30)21-17(14-3-5-15(25)6-4-14)11-33-22(21)27-24(28)34-12-20(29)26-16-7-8-18-19(10-16)32-13-31-18/h2-8,10-11H,1,9,12-13H2,(H,26,29). The van der Waals surface area contributed by atoms with Crippen LogP contribution in [-0.4, -0.2) is 28.0 Å². The van der Waals surface area contributed by atoms with Gasteiger partial charge in [-0.15, -0.1) is 17.9 Å². The molecule has 1 amide bonds. The molecule has 2 aromatic carbocycles. The molecule has 0 saturated heterocycles. The molecule has 0 fully saturated rings. The van der Waals surface area contributed by atoms with Crippen molar-refractivity contribution in [1.29, 1.82) is 0 Å². The maximum Gasteiger partial charge on any atom is 0.263 e. The largest absolute Gasteiger partial charge is 0.454 e. The highest BCUT2D eigenvalue weighted by Gasteiger charge is 2.19. The van der Waals surface area contributed by atoms with E-state index < -0.39 is 0 Å². The first-order valence-corrected chi connectivity index (χ1v) is 12.1. The summed E-state index contributed by atoms with van der Waals surface area (Å²) in [4.78, 5) is 31.1. The number of nitrogens with zero attached hydrogens (tertiary/aromatic N) is 2. The molecule has 0 radical (unpaired) electrons. The van der Waals surface area contributed by atoms with Gasteiger partial charge < -0.3 is 14.8 Å². The Morgan fingerprint density at radius 1 is 1.24 bits per heavy atom. The van der Waals surface area contributed by atoms with Crippen LogP contribution in [0.25, 0.3) is 21.3 Å².